The van der Waals surface area contributed by atoms with Crippen molar-refractivity contribution in [1.82, 2.24) is 5.32 Å². The monoisotopic (exact) mass is 222 g/mol. The summed E-state index contributed by atoms with van der Waals surface area (Å²) in [6.45, 7) is 0.442. The molecular weight excluding hydrogens is 206 g/mol. The average molecular weight is 222 g/mol. The number of carbonyl (C=O) groups is 1. The van der Waals surface area contributed by atoms with Gasteiger partial charge in [-0.3, -0.25) is 4.79 Å². The molecule has 0 atom stereocenters. The van der Waals surface area contributed by atoms with Crippen molar-refractivity contribution in [2.75, 3.05) is 13.7 Å². The Labute approximate surface area is 95.2 Å². The number of benzene rings is 1. The van der Waals surface area contributed by atoms with E-state index in [0.717, 1.165) is 0 Å². The zero-order valence-electron chi connectivity index (χ0n) is 9.32. The van der Waals surface area contributed by atoms with E-state index in [4.69, 9.17) is 9.84 Å². The Morgan fingerprint density at radius 2 is 2.44 bits per heavy atom. The first kappa shape index (κ1) is 12.5. The Bertz CT molecular complexity index is 339. The highest BCUT2D eigenvalue weighted by molar-refractivity contribution is 5.75. The fraction of sp³-hybridized carbons (Fsp3) is 0.417. The highest BCUT2D eigenvalue weighted by Crippen LogP contribution is 2.13. The Kier molecular flexibility index (Phi) is 5.36. The third kappa shape index (κ3) is 4.31. The molecular formula is C12H16NO3. The topological polar surface area (TPSA) is 58.6 Å². The maximum Gasteiger partial charge on any atom is 0.219 e. The van der Waals surface area contributed by atoms with E-state index >= 15 is 0 Å². The summed E-state index contributed by atoms with van der Waals surface area (Å²) in [5.41, 5.74) is 0.698. The van der Waals surface area contributed by atoms with E-state index in [1.165, 1.54) is 0 Å². The second-order valence-electron chi connectivity index (χ2n) is 3.33. The maximum absolute atomic E-state index is 10.9. The van der Waals surface area contributed by atoms with Gasteiger partial charge in [0, 0.05) is 13.5 Å². The van der Waals surface area contributed by atoms with Crippen LogP contribution in [0.5, 0.6) is 5.75 Å². The van der Waals surface area contributed by atoms with Gasteiger partial charge in [0.05, 0.1) is 13.2 Å². The molecule has 0 aromatic heterocycles. The molecule has 87 valence electrons. The van der Waals surface area contributed by atoms with Crippen molar-refractivity contribution in [2.45, 2.75) is 19.4 Å². The number of nitrogens with one attached hydrogen (secondary N) is 1. The second-order valence-corrected chi connectivity index (χ2v) is 3.33. The van der Waals surface area contributed by atoms with Crippen molar-refractivity contribution in [3.63, 3.8) is 0 Å². The summed E-state index contributed by atoms with van der Waals surface area (Å²) in [4.78, 5) is 10.9. The van der Waals surface area contributed by atoms with Gasteiger partial charge in [-0.1, -0.05) is 6.07 Å². The number of aliphatic hydroxyl groups excluding tert-OH is 1. The molecule has 0 bridgehead atoms. The molecule has 0 aliphatic carbocycles. The van der Waals surface area contributed by atoms with Crippen LogP contribution >= 0.6 is 0 Å². The number of hydrogen-bond acceptors (Lipinski definition) is 3. The summed E-state index contributed by atoms with van der Waals surface area (Å²) in [6, 6.07) is 8.10. The van der Waals surface area contributed by atoms with Gasteiger partial charge in [-0.2, -0.15) is 0 Å². The van der Waals surface area contributed by atoms with Crippen LogP contribution in [-0.4, -0.2) is 24.7 Å². The van der Waals surface area contributed by atoms with Crippen LogP contribution < -0.4 is 10.1 Å². The van der Waals surface area contributed by atoms with Crippen LogP contribution in [0.25, 0.3) is 0 Å². The molecule has 0 aliphatic heterocycles. The molecule has 0 heterocycles. The molecule has 0 aliphatic rings. The molecule has 4 heteroatoms. The molecule has 1 aromatic rings. The summed E-state index contributed by atoms with van der Waals surface area (Å²) in [6.07, 6.45) is 1.13. The number of rotatable bonds is 6. The van der Waals surface area contributed by atoms with Gasteiger partial charge < -0.3 is 15.2 Å². The van der Waals surface area contributed by atoms with Crippen molar-refractivity contribution in [2.24, 2.45) is 0 Å². The summed E-state index contributed by atoms with van der Waals surface area (Å²) in [5.74, 6) is 0.709. The number of aliphatic hydroxyl groups is 1. The summed E-state index contributed by atoms with van der Waals surface area (Å²) in [7, 11) is 1.61. The van der Waals surface area contributed by atoms with Gasteiger partial charge in [-0.05, 0) is 30.2 Å². The fourth-order valence-corrected chi connectivity index (χ4v) is 1.22. The van der Waals surface area contributed by atoms with Crippen molar-refractivity contribution in [3.8, 4) is 5.75 Å². The lowest BCUT2D eigenvalue weighted by Gasteiger charge is -2.06. The van der Waals surface area contributed by atoms with Gasteiger partial charge in [0.2, 0.25) is 5.91 Å². The zero-order chi connectivity index (χ0) is 11.8. The first-order chi connectivity index (χ1) is 7.76. The van der Waals surface area contributed by atoms with E-state index in [2.05, 4.69) is 11.4 Å². The van der Waals surface area contributed by atoms with E-state index in [1.807, 2.05) is 0 Å². The SMILES string of the molecule is CNC(=O)CCCOc1cc[c]c(CO)c1. The molecule has 0 unspecified atom stereocenters. The van der Waals surface area contributed by atoms with Crippen molar-refractivity contribution >= 4 is 5.91 Å². The molecule has 0 spiro atoms. The first-order valence-corrected chi connectivity index (χ1v) is 5.21. The molecule has 0 saturated carbocycles. The van der Waals surface area contributed by atoms with Crippen LogP contribution in [-0.2, 0) is 11.4 Å². The smallest absolute Gasteiger partial charge is 0.219 e. The van der Waals surface area contributed by atoms with Crippen LogP contribution in [0.3, 0.4) is 0 Å². The van der Waals surface area contributed by atoms with E-state index in [9.17, 15) is 4.79 Å². The molecule has 0 saturated heterocycles. The lowest BCUT2D eigenvalue weighted by atomic mass is 10.2. The molecule has 1 rings (SSSR count). The van der Waals surface area contributed by atoms with E-state index in [1.54, 1.807) is 25.2 Å². The normalized spacial score (nSPS) is 9.88. The van der Waals surface area contributed by atoms with E-state index in [-0.39, 0.29) is 12.5 Å². The first-order valence-electron chi connectivity index (χ1n) is 5.21. The number of hydrogen-bond donors (Lipinski definition) is 2. The highest BCUT2D eigenvalue weighted by atomic mass is 16.5. The average Bonchev–Trinajstić information content (AvgIpc) is 2.34. The third-order valence-electron chi connectivity index (χ3n) is 2.10. The summed E-state index contributed by atoms with van der Waals surface area (Å²) < 4.78 is 5.43. The quantitative estimate of drug-likeness (QED) is 0.703. The van der Waals surface area contributed by atoms with Crippen LogP contribution in [0.4, 0.5) is 0 Å². The molecule has 1 radical (unpaired) electrons. The molecule has 0 fully saturated rings. The lowest BCUT2D eigenvalue weighted by molar-refractivity contribution is -0.120. The van der Waals surface area contributed by atoms with Gasteiger partial charge in [-0.15, -0.1) is 0 Å². The second kappa shape index (κ2) is 6.85. The zero-order valence-corrected chi connectivity index (χ0v) is 9.32. The van der Waals surface area contributed by atoms with Crippen LogP contribution in [0.1, 0.15) is 18.4 Å². The minimum Gasteiger partial charge on any atom is -0.494 e. The maximum atomic E-state index is 10.9. The van der Waals surface area contributed by atoms with Crippen molar-refractivity contribution in [1.29, 1.82) is 0 Å². The lowest BCUT2D eigenvalue weighted by Crippen LogP contribution is -2.18. The van der Waals surface area contributed by atoms with Gasteiger partial charge in [0.25, 0.3) is 0 Å². The van der Waals surface area contributed by atoms with Crippen LogP contribution in [0.15, 0.2) is 18.2 Å². The largest absolute Gasteiger partial charge is 0.494 e. The number of carbonyl (C=O) groups excluding carboxylic acids is 1. The Morgan fingerprint density at radius 1 is 1.62 bits per heavy atom. The Morgan fingerprint density at radius 3 is 3.12 bits per heavy atom. The number of ether oxygens (including phenoxy) is 1. The van der Waals surface area contributed by atoms with E-state index < -0.39 is 0 Å². The predicted molar refractivity (Wildman–Crippen MR) is 60.0 cm³/mol. The molecule has 2 N–H and O–H groups in total. The molecule has 16 heavy (non-hydrogen) atoms. The predicted octanol–water partition coefficient (Wildman–Crippen LogP) is 0.884. The van der Waals surface area contributed by atoms with Gasteiger partial charge in [0.15, 0.2) is 0 Å². The van der Waals surface area contributed by atoms with Gasteiger partial charge >= 0.3 is 0 Å². The minimum absolute atomic E-state index is 0.0149. The minimum atomic E-state index is -0.0462. The van der Waals surface area contributed by atoms with Gasteiger partial charge in [0.1, 0.15) is 5.75 Å². The van der Waals surface area contributed by atoms with Crippen molar-refractivity contribution in [3.05, 3.63) is 29.8 Å². The number of amides is 1. The molecule has 1 amide bonds. The summed E-state index contributed by atoms with van der Waals surface area (Å²) >= 11 is 0. The van der Waals surface area contributed by atoms with Crippen LogP contribution in [0.2, 0.25) is 0 Å². The Balaban J connectivity index is 2.28. The molecule has 4 nitrogen and oxygen atoms in total. The highest BCUT2D eigenvalue weighted by Gasteiger charge is 1.99. The fourth-order valence-electron chi connectivity index (χ4n) is 1.22. The van der Waals surface area contributed by atoms with Crippen LogP contribution in [0, 0.1) is 6.07 Å². The van der Waals surface area contributed by atoms with E-state index in [0.29, 0.717) is 30.8 Å². The standard InChI is InChI=1S/C12H16NO3/c1-13-12(15)6-3-7-16-11-5-2-4-10(8-11)9-14/h2,5,8,14H,3,6-7,9H2,1H3,(H,13,15). The molecule has 1 aromatic carbocycles. The van der Waals surface area contributed by atoms with Gasteiger partial charge in [-0.25, -0.2) is 0 Å². The van der Waals surface area contributed by atoms with Crippen molar-refractivity contribution < 1.29 is 14.6 Å². The summed E-state index contributed by atoms with van der Waals surface area (Å²) in [5, 5.41) is 11.4. The Hall–Kier alpha value is -1.55. The third-order valence-corrected chi connectivity index (χ3v) is 2.10.